The Bertz CT molecular complexity index is 844. The van der Waals surface area contributed by atoms with Crippen LogP contribution in [-0.2, 0) is 20.0 Å². The fraction of sp³-hybridized carbons (Fsp3) is 0.368. The maximum atomic E-state index is 14.5. The molecule has 0 aliphatic heterocycles. The van der Waals surface area contributed by atoms with Crippen LogP contribution in [0.5, 0.6) is 0 Å². The largest absolute Gasteiger partial charge is 0.383 e. The van der Waals surface area contributed by atoms with Gasteiger partial charge in [-0.15, -0.1) is 0 Å². The van der Waals surface area contributed by atoms with Crippen molar-refractivity contribution in [3.8, 4) is 0 Å². The highest BCUT2D eigenvalue weighted by atomic mass is 31.2. The van der Waals surface area contributed by atoms with E-state index in [0.717, 1.165) is 7.05 Å². The zero-order chi connectivity index (χ0) is 21.6. The van der Waals surface area contributed by atoms with Crippen LogP contribution >= 0.6 is 7.60 Å². The Balaban J connectivity index is 2.54. The summed E-state index contributed by atoms with van der Waals surface area (Å²) in [4.78, 5) is 0. The SMILES string of the molecule is CCOP(=O)(OCC)[C@H](Cc1c(F)c(F)c(NC)c(F)c1F)Nc1ccccc1. The van der Waals surface area contributed by atoms with Crippen molar-refractivity contribution in [2.45, 2.75) is 26.1 Å². The van der Waals surface area contributed by atoms with E-state index in [0.29, 0.717) is 5.69 Å². The van der Waals surface area contributed by atoms with E-state index in [1.54, 1.807) is 44.2 Å². The molecule has 29 heavy (non-hydrogen) atoms. The fourth-order valence-corrected chi connectivity index (χ4v) is 4.68. The Morgan fingerprint density at radius 2 is 1.45 bits per heavy atom. The summed E-state index contributed by atoms with van der Waals surface area (Å²) >= 11 is 0. The number of halogens is 4. The maximum Gasteiger partial charge on any atom is 0.352 e. The smallest absolute Gasteiger partial charge is 0.352 e. The second-order valence-electron chi connectivity index (χ2n) is 5.97. The topological polar surface area (TPSA) is 59.6 Å². The van der Waals surface area contributed by atoms with Crippen molar-refractivity contribution >= 4 is 19.0 Å². The van der Waals surface area contributed by atoms with E-state index in [9.17, 15) is 22.1 Å². The third-order valence-corrected chi connectivity index (χ3v) is 6.42. The van der Waals surface area contributed by atoms with Crippen molar-refractivity contribution < 1.29 is 31.2 Å². The van der Waals surface area contributed by atoms with Crippen molar-refractivity contribution in [1.82, 2.24) is 0 Å². The summed E-state index contributed by atoms with van der Waals surface area (Å²) in [5.74, 6) is -7.58. The van der Waals surface area contributed by atoms with Gasteiger partial charge < -0.3 is 19.7 Å². The highest BCUT2D eigenvalue weighted by molar-refractivity contribution is 7.54. The number of rotatable bonds is 10. The van der Waals surface area contributed by atoms with Crippen LogP contribution in [-0.4, -0.2) is 26.0 Å². The Kier molecular flexibility index (Phi) is 8.07. The lowest BCUT2D eigenvalue weighted by atomic mass is 10.1. The highest BCUT2D eigenvalue weighted by Gasteiger charge is 2.38. The molecular weight excluding hydrogens is 411 g/mol. The normalized spacial score (nSPS) is 12.7. The number of hydrogen-bond donors (Lipinski definition) is 2. The first-order valence-corrected chi connectivity index (χ1v) is 10.6. The minimum Gasteiger partial charge on any atom is -0.383 e. The molecule has 5 nitrogen and oxygen atoms in total. The van der Waals surface area contributed by atoms with Gasteiger partial charge in [0.05, 0.1) is 13.2 Å². The van der Waals surface area contributed by atoms with Crippen molar-refractivity contribution in [3.63, 3.8) is 0 Å². The van der Waals surface area contributed by atoms with Gasteiger partial charge in [0.15, 0.2) is 23.3 Å². The lowest BCUT2D eigenvalue weighted by Crippen LogP contribution is -2.27. The Hall–Kier alpha value is -2.09. The fourth-order valence-electron chi connectivity index (χ4n) is 2.81. The lowest BCUT2D eigenvalue weighted by Gasteiger charge is -2.28. The van der Waals surface area contributed by atoms with Crippen molar-refractivity contribution in [1.29, 1.82) is 0 Å². The molecule has 0 bridgehead atoms. The lowest BCUT2D eigenvalue weighted by molar-refractivity contribution is 0.213. The number of anilines is 2. The van der Waals surface area contributed by atoms with Gasteiger partial charge in [0, 0.05) is 24.7 Å². The number of benzene rings is 2. The molecule has 1 atom stereocenters. The molecule has 0 saturated heterocycles. The molecule has 0 amide bonds. The molecule has 2 rings (SSSR count). The van der Waals surface area contributed by atoms with Crippen molar-refractivity contribution in [3.05, 3.63) is 59.2 Å². The first-order valence-electron chi connectivity index (χ1n) is 9.01. The van der Waals surface area contributed by atoms with Crippen LogP contribution in [0.3, 0.4) is 0 Å². The molecule has 0 radical (unpaired) electrons. The zero-order valence-corrected chi connectivity index (χ0v) is 17.2. The number of hydrogen-bond acceptors (Lipinski definition) is 5. The third kappa shape index (κ3) is 5.10. The second-order valence-corrected chi connectivity index (χ2v) is 8.18. The minimum absolute atomic E-state index is 0.00335. The summed E-state index contributed by atoms with van der Waals surface area (Å²) in [6.45, 7) is 3.15. The van der Waals surface area contributed by atoms with Crippen LogP contribution in [0.1, 0.15) is 19.4 Å². The van der Waals surface area contributed by atoms with Crippen LogP contribution in [0, 0.1) is 23.3 Å². The summed E-state index contributed by atoms with van der Waals surface area (Å²) in [7, 11) is -2.82. The van der Waals surface area contributed by atoms with Gasteiger partial charge in [-0.2, -0.15) is 0 Å². The summed E-state index contributed by atoms with van der Waals surface area (Å²) in [5.41, 5.74) is -1.35. The van der Waals surface area contributed by atoms with Gasteiger partial charge in [-0.1, -0.05) is 18.2 Å². The summed E-state index contributed by atoms with van der Waals surface area (Å²) in [5, 5.41) is 4.94. The monoisotopic (exact) mass is 434 g/mol. The van der Waals surface area contributed by atoms with E-state index in [4.69, 9.17) is 9.05 Å². The van der Waals surface area contributed by atoms with E-state index in [-0.39, 0.29) is 13.2 Å². The van der Waals surface area contributed by atoms with Gasteiger partial charge in [0.2, 0.25) is 0 Å². The Labute approximate surface area is 166 Å². The van der Waals surface area contributed by atoms with Gasteiger partial charge in [0.1, 0.15) is 11.5 Å². The Morgan fingerprint density at radius 3 is 1.90 bits per heavy atom. The molecule has 160 valence electrons. The van der Waals surface area contributed by atoms with E-state index >= 15 is 0 Å². The predicted octanol–water partition coefficient (Wildman–Crippen LogP) is 5.53. The minimum atomic E-state index is -3.95. The molecule has 2 N–H and O–H groups in total. The van der Waals surface area contributed by atoms with Gasteiger partial charge >= 0.3 is 7.60 Å². The van der Waals surface area contributed by atoms with Crippen LogP contribution in [0.4, 0.5) is 28.9 Å². The maximum absolute atomic E-state index is 14.5. The first-order chi connectivity index (χ1) is 13.8. The van der Waals surface area contributed by atoms with Gasteiger partial charge in [-0.05, 0) is 26.0 Å². The van der Waals surface area contributed by atoms with E-state index in [1.807, 2.05) is 0 Å². The molecule has 0 aliphatic rings. The van der Waals surface area contributed by atoms with Crippen LogP contribution < -0.4 is 10.6 Å². The van der Waals surface area contributed by atoms with Crippen LogP contribution in [0.15, 0.2) is 30.3 Å². The molecule has 0 heterocycles. The van der Waals surface area contributed by atoms with Gasteiger partial charge in [-0.3, -0.25) is 4.57 Å². The van der Waals surface area contributed by atoms with E-state index in [1.165, 1.54) is 0 Å². The molecule has 0 aliphatic carbocycles. The summed E-state index contributed by atoms with van der Waals surface area (Å²) < 4.78 is 81.3. The van der Waals surface area contributed by atoms with E-state index < -0.39 is 54.3 Å². The van der Waals surface area contributed by atoms with Crippen LogP contribution in [0.2, 0.25) is 0 Å². The quantitative estimate of drug-likeness (QED) is 0.293. The molecule has 0 spiro atoms. The molecule has 10 heteroatoms. The molecule has 2 aromatic rings. The van der Waals surface area contributed by atoms with Crippen molar-refractivity contribution in [2.75, 3.05) is 30.9 Å². The molecule has 0 aromatic heterocycles. The zero-order valence-electron chi connectivity index (χ0n) is 16.3. The molecule has 0 unspecified atom stereocenters. The van der Waals surface area contributed by atoms with Gasteiger partial charge in [0.25, 0.3) is 0 Å². The van der Waals surface area contributed by atoms with Crippen LogP contribution in [0.25, 0.3) is 0 Å². The summed E-state index contributed by atoms with van der Waals surface area (Å²) in [6, 6.07) is 8.38. The summed E-state index contributed by atoms with van der Waals surface area (Å²) in [6.07, 6.45) is -0.679. The number of para-hydroxylation sites is 1. The predicted molar refractivity (Wildman–Crippen MR) is 104 cm³/mol. The molecule has 0 fully saturated rings. The van der Waals surface area contributed by atoms with Crippen molar-refractivity contribution in [2.24, 2.45) is 0 Å². The molecule has 0 saturated carbocycles. The Morgan fingerprint density at radius 1 is 0.931 bits per heavy atom. The highest BCUT2D eigenvalue weighted by Crippen LogP contribution is 2.54. The first kappa shape index (κ1) is 23.2. The second kappa shape index (κ2) is 10.1. The molecular formula is C19H23F4N2O3P. The standard InChI is InChI=1S/C19H23F4N2O3P/c1-4-27-29(26,28-5-2)14(25-12-9-7-6-8-10-12)11-13-15(20)17(22)19(24-3)18(23)16(13)21/h6-10,14,24-25H,4-5,11H2,1-3H3/t14-/m1/s1. The third-order valence-electron chi connectivity index (χ3n) is 4.11. The number of nitrogens with one attached hydrogen (secondary N) is 2. The van der Waals surface area contributed by atoms with E-state index in [2.05, 4.69) is 10.6 Å². The average molecular weight is 434 g/mol. The molecule has 2 aromatic carbocycles. The van der Waals surface area contributed by atoms with Gasteiger partial charge in [-0.25, -0.2) is 17.6 Å². The average Bonchev–Trinajstić information content (AvgIpc) is 2.70.